The van der Waals surface area contributed by atoms with Gasteiger partial charge in [0.2, 0.25) is 11.8 Å². The number of nitrogens with zero attached hydrogens (tertiary/aromatic N) is 3. The van der Waals surface area contributed by atoms with E-state index in [-0.39, 0.29) is 24.1 Å². The molecule has 7 nitrogen and oxygen atoms in total. The predicted octanol–water partition coefficient (Wildman–Crippen LogP) is 2.54. The van der Waals surface area contributed by atoms with Crippen LogP contribution in [0.15, 0.2) is 18.2 Å². The maximum absolute atomic E-state index is 13.6. The maximum Gasteiger partial charge on any atom is 0.417 e. The van der Waals surface area contributed by atoms with E-state index >= 15 is 0 Å². The Balaban J connectivity index is 1.60. The van der Waals surface area contributed by atoms with E-state index in [0.717, 1.165) is 12.1 Å². The van der Waals surface area contributed by atoms with Gasteiger partial charge < -0.3 is 14.4 Å². The Morgan fingerprint density at radius 2 is 2.06 bits per heavy atom. The van der Waals surface area contributed by atoms with Crippen molar-refractivity contribution in [2.45, 2.75) is 43.4 Å². The molecule has 5 rings (SSSR count). The van der Waals surface area contributed by atoms with Crippen molar-refractivity contribution in [2.75, 3.05) is 25.6 Å². The van der Waals surface area contributed by atoms with E-state index in [1.165, 1.54) is 15.9 Å². The molecule has 1 aromatic carbocycles. The Kier molecular flexibility index (Phi) is 4.28. The van der Waals surface area contributed by atoms with Crippen LogP contribution in [0.1, 0.15) is 30.9 Å². The van der Waals surface area contributed by atoms with Crippen molar-refractivity contribution in [3.63, 3.8) is 0 Å². The van der Waals surface area contributed by atoms with Gasteiger partial charge in [-0.3, -0.25) is 14.5 Å². The van der Waals surface area contributed by atoms with Crippen LogP contribution < -0.4 is 4.90 Å². The average molecular weight is 449 g/mol. The van der Waals surface area contributed by atoms with Gasteiger partial charge in [-0.25, -0.2) is 0 Å². The van der Waals surface area contributed by atoms with Crippen LogP contribution in [0.4, 0.5) is 18.9 Å². The molecule has 170 valence electrons. The van der Waals surface area contributed by atoms with Crippen LogP contribution in [0, 0.1) is 29.1 Å². The second kappa shape index (κ2) is 6.45. The molecule has 2 amide bonds. The smallest absolute Gasteiger partial charge is 0.367 e. The highest BCUT2D eigenvalue weighted by Gasteiger charge is 2.79. The lowest BCUT2D eigenvalue weighted by atomic mass is 9.61. The van der Waals surface area contributed by atoms with Gasteiger partial charge >= 0.3 is 6.18 Å². The molecule has 10 heteroatoms. The lowest BCUT2D eigenvalue weighted by molar-refractivity contribution is -0.163. The van der Waals surface area contributed by atoms with Gasteiger partial charge in [-0.05, 0) is 31.5 Å². The highest BCUT2D eigenvalue weighted by Crippen LogP contribution is 2.67. The van der Waals surface area contributed by atoms with E-state index in [0.29, 0.717) is 12.8 Å². The lowest BCUT2D eigenvalue weighted by Gasteiger charge is -2.45. The molecular weight excluding hydrogens is 427 g/mol. The Morgan fingerprint density at radius 1 is 1.34 bits per heavy atom. The average Bonchev–Trinajstić information content (AvgIpc) is 3.30. The summed E-state index contributed by atoms with van der Waals surface area (Å²) in [6, 6.07) is 4.80. The van der Waals surface area contributed by atoms with Gasteiger partial charge in [0.05, 0.1) is 46.8 Å². The first-order chi connectivity index (χ1) is 14.9. The second-order valence-corrected chi connectivity index (χ2v) is 9.42. The molecule has 4 saturated heterocycles. The number of nitriles is 1. The third-order valence-corrected chi connectivity index (χ3v) is 7.50. The van der Waals surface area contributed by atoms with Crippen LogP contribution in [0.2, 0.25) is 0 Å². The van der Waals surface area contributed by atoms with Crippen molar-refractivity contribution in [3.05, 3.63) is 29.3 Å². The third kappa shape index (κ3) is 2.55. The van der Waals surface area contributed by atoms with Gasteiger partial charge in [-0.15, -0.1) is 0 Å². The summed E-state index contributed by atoms with van der Waals surface area (Å²) in [6.07, 6.45) is -4.77. The normalized spacial score (nSPS) is 37.4. The van der Waals surface area contributed by atoms with E-state index in [4.69, 9.17) is 14.7 Å². The van der Waals surface area contributed by atoms with E-state index in [9.17, 15) is 22.8 Å². The summed E-state index contributed by atoms with van der Waals surface area (Å²) in [4.78, 5) is 29.3. The Morgan fingerprint density at radius 3 is 2.69 bits per heavy atom. The van der Waals surface area contributed by atoms with Crippen molar-refractivity contribution < 1.29 is 32.2 Å². The van der Waals surface area contributed by atoms with E-state index in [1.807, 2.05) is 0 Å². The summed E-state index contributed by atoms with van der Waals surface area (Å²) in [5, 5.41) is 9.09. The molecule has 4 aliphatic rings. The second-order valence-electron chi connectivity index (χ2n) is 9.42. The van der Waals surface area contributed by atoms with Gasteiger partial charge in [0, 0.05) is 32.1 Å². The molecule has 4 heterocycles. The van der Waals surface area contributed by atoms with Crippen LogP contribution in [0.25, 0.3) is 0 Å². The minimum atomic E-state index is -4.74. The molecule has 4 aliphatic heterocycles. The maximum atomic E-state index is 13.6. The highest BCUT2D eigenvalue weighted by molar-refractivity contribution is 6.00. The van der Waals surface area contributed by atoms with Crippen LogP contribution in [0.3, 0.4) is 0 Å². The summed E-state index contributed by atoms with van der Waals surface area (Å²) in [7, 11) is 3.34. The molecule has 0 aromatic heterocycles. The molecule has 0 saturated carbocycles. The standard InChI is InChI=1S/C22H22F3N3O4/c1-20-9-14(17(29)27(2)3)21(32-20)6-7-31-19-16(21)15(20)18(30)28(19)12-5-4-11(10-26)13(8-12)22(23,24)25/h4-5,8,14-16,19H,6-7,9H2,1-3H3/t14-,15-,16+,19+,20-,21+/m1/s1. The first kappa shape index (κ1) is 21.2. The Bertz CT molecular complexity index is 1070. The van der Waals surface area contributed by atoms with E-state index in [1.54, 1.807) is 27.1 Å². The number of anilines is 1. The molecule has 4 fully saturated rings. The van der Waals surface area contributed by atoms with E-state index in [2.05, 4.69) is 0 Å². The van der Waals surface area contributed by atoms with Gasteiger partial charge in [-0.2, -0.15) is 18.4 Å². The fourth-order valence-corrected chi connectivity index (χ4v) is 6.34. The minimum absolute atomic E-state index is 0.0243. The fourth-order valence-electron chi connectivity index (χ4n) is 6.34. The van der Waals surface area contributed by atoms with Crippen molar-refractivity contribution in [2.24, 2.45) is 17.8 Å². The number of ether oxygens (including phenoxy) is 2. The molecule has 0 aliphatic carbocycles. The zero-order valence-corrected chi connectivity index (χ0v) is 17.8. The topological polar surface area (TPSA) is 82.9 Å². The summed E-state index contributed by atoms with van der Waals surface area (Å²) < 4.78 is 53.0. The Hall–Kier alpha value is -2.64. The fraction of sp³-hybridized carbons (Fsp3) is 0.591. The number of carbonyl (C=O) groups excluding carboxylic acids is 2. The van der Waals surface area contributed by atoms with Crippen molar-refractivity contribution in [3.8, 4) is 6.07 Å². The molecule has 0 radical (unpaired) electrons. The predicted molar refractivity (Wildman–Crippen MR) is 104 cm³/mol. The number of hydrogen-bond donors (Lipinski definition) is 0. The minimum Gasteiger partial charge on any atom is -0.367 e. The number of halogens is 3. The number of fused-ring (bicyclic) bond motifs is 2. The largest absolute Gasteiger partial charge is 0.417 e. The number of carbonyl (C=O) groups is 2. The molecule has 0 unspecified atom stereocenters. The Labute approximate surface area is 182 Å². The number of hydrogen-bond acceptors (Lipinski definition) is 5. The number of alkyl halides is 3. The monoisotopic (exact) mass is 449 g/mol. The van der Waals surface area contributed by atoms with Crippen LogP contribution in [-0.4, -0.2) is 54.8 Å². The highest BCUT2D eigenvalue weighted by atomic mass is 19.4. The summed E-state index contributed by atoms with van der Waals surface area (Å²) in [6.45, 7) is 2.02. The van der Waals surface area contributed by atoms with Gasteiger partial charge in [0.1, 0.15) is 6.23 Å². The van der Waals surface area contributed by atoms with Gasteiger partial charge in [-0.1, -0.05) is 0 Å². The summed E-state index contributed by atoms with van der Waals surface area (Å²) in [5.41, 5.74) is -3.39. The number of rotatable bonds is 2. The summed E-state index contributed by atoms with van der Waals surface area (Å²) >= 11 is 0. The van der Waals surface area contributed by atoms with Gasteiger partial charge in [0.25, 0.3) is 0 Å². The van der Waals surface area contributed by atoms with Crippen LogP contribution >= 0.6 is 0 Å². The zero-order chi connectivity index (χ0) is 23.2. The lowest BCUT2D eigenvalue weighted by Crippen LogP contribution is -2.57. The number of amides is 2. The third-order valence-electron chi connectivity index (χ3n) is 7.50. The van der Waals surface area contributed by atoms with Crippen LogP contribution in [0.5, 0.6) is 0 Å². The summed E-state index contributed by atoms with van der Waals surface area (Å²) in [5.74, 6) is -2.00. The van der Waals surface area contributed by atoms with Crippen molar-refractivity contribution in [1.29, 1.82) is 5.26 Å². The molecule has 0 N–H and O–H groups in total. The van der Waals surface area contributed by atoms with Crippen molar-refractivity contribution in [1.82, 2.24) is 4.90 Å². The molecule has 6 atom stereocenters. The van der Waals surface area contributed by atoms with Crippen LogP contribution in [-0.2, 0) is 25.2 Å². The first-order valence-corrected chi connectivity index (χ1v) is 10.4. The molecule has 1 aromatic rings. The molecular formula is C22H22F3N3O4. The molecule has 2 bridgehead atoms. The van der Waals surface area contributed by atoms with Crippen molar-refractivity contribution >= 4 is 17.5 Å². The SMILES string of the molecule is CN(C)C(=O)[C@H]1C[C@@]2(C)O[C@@]13CCO[C@H]1[C@@H]3[C@@H]2C(=O)N1c1ccc(C#N)c(C(F)(F)F)c1. The van der Waals surface area contributed by atoms with E-state index < -0.39 is 52.5 Å². The zero-order valence-electron chi connectivity index (χ0n) is 17.8. The molecule has 1 spiro atoms. The quantitative estimate of drug-likeness (QED) is 0.693. The van der Waals surface area contributed by atoms with Gasteiger partial charge in [0.15, 0.2) is 0 Å². The first-order valence-electron chi connectivity index (χ1n) is 10.4. The number of benzene rings is 1. The molecule has 32 heavy (non-hydrogen) atoms.